The molecule has 1 amide bonds. The largest absolute Gasteiger partial charge is 0.483 e. The molecule has 0 unspecified atom stereocenters. The minimum Gasteiger partial charge on any atom is -0.483 e. The fourth-order valence-electron chi connectivity index (χ4n) is 2.54. The van der Waals surface area contributed by atoms with Crippen molar-refractivity contribution in [3.8, 4) is 16.3 Å². The van der Waals surface area contributed by atoms with E-state index >= 15 is 0 Å². The number of ether oxygens (including phenoxy) is 1. The Morgan fingerprint density at radius 3 is 2.50 bits per heavy atom. The number of carbonyl (C=O) groups excluding carboxylic acids is 1. The van der Waals surface area contributed by atoms with Crippen molar-refractivity contribution in [2.75, 3.05) is 11.9 Å². The van der Waals surface area contributed by atoms with Crippen molar-refractivity contribution in [2.45, 2.75) is 27.7 Å². The van der Waals surface area contributed by atoms with Crippen LogP contribution in [0.1, 0.15) is 22.3 Å². The van der Waals surface area contributed by atoms with Crippen LogP contribution in [-0.2, 0) is 4.79 Å². The monoisotopic (exact) mass is 367 g/mol. The van der Waals surface area contributed by atoms with E-state index in [0.717, 1.165) is 33.0 Å². The predicted molar refractivity (Wildman–Crippen MR) is 105 cm³/mol. The second kappa shape index (κ2) is 7.66. The number of nitrogens with zero attached hydrogens (tertiary/aromatic N) is 2. The number of hydrogen-bond donors (Lipinski definition) is 1. The summed E-state index contributed by atoms with van der Waals surface area (Å²) in [4.78, 5) is 12.2. The van der Waals surface area contributed by atoms with Gasteiger partial charge >= 0.3 is 0 Å². The van der Waals surface area contributed by atoms with Gasteiger partial charge in [0.05, 0.1) is 0 Å². The van der Waals surface area contributed by atoms with Crippen molar-refractivity contribution in [3.05, 3.63) is 58.7 Å². The van der Waals surface area contributed by atoms with E-state index in [1.54, 1.807) is 0 Å². The molecule has 1 heterocycles. The van der Waals surface area contributed by atoms with E-state index in [1.807, 2.05) is 58.0 Å². The standard InChI is InChI=1S/C20H21N3O2S/c1-12-5-7-16(8-6-12)19-22-23-20(26-19)21-18(24)11-25-17-10-13(2)9-14(3)15(17)4/h5-10H,11H2,1-4H3,(H,21,23,24). The molecule has 0 radical (unpaired) electrons. The van der Waals surface area contributed by atoms with Gasteiger partial charge in [0.2, 0.25) is 5.13 Å². The van der Waals surface area contributed by atoms with Gasteiger partial charge in [-0.3, -0.25) is 10.1 Å². The molecular weight excluding hydrogens is 346 g/mol. The first kappa shape index (κ1) is 18.1. The van der Waals surface area contributed by atoms with E-state index in [4.69, 9.17) is 4.74 Å². The molecule has 0 saturated carbocycles. The van der Waals surface area contributed by atoms with Crippen LogP contribution in [0.25, 0.3) is 10.6 Å². The first-order valence-corrected chi connectivity index (χ1v) is 9.15. The molecule has 1 N–H and O–H groups in total. The molecule has 0 saturated heterocycles. The van der Waals surface area contributed by atoms with Gasteiger partial charge in [0.1, 0.15) is 10.8 Å². The van der Waals surface area contributed by atoms with E-state index in [0.29, 0.717) is 5.13 Å². The molecule has 26 heavy (non-hydrogen) atoms. The zero-order valence-corrected chi connectivity index (χ0v) is 16.1. The second-order valence-corrected chi connectivity index (χ2v) is 7.30. The highest BCUT2D eigenvalue weighted by atomic mass is 32.1. The lowest BCUT2D eigenvalue weighted by atomic mass is 10.1. The van der Waals surface area contributed by atoms with Gasteiger partial charge in [0.15, 0.2) is 6.61 Å². The van der Waals surface area contributed by atoms with Crippen LogP contribution in [-0.4, -0.2) is 22.7 Å². The number of aromatic nitrogens is 2. The highest BCUT2D eigenvalue weighted by Crippen LogP contribution is 2.27. The van der Waals surface area contributed by atoms with Crippen molar-refractivity contribution in [3.63, 3.8) is 0 Å². The smallest absolute Gasteiger partial charge is 0.264 e. The molecule has 0 aliphatic carbocycles. The number of benzene rings is 2. The van der Waals surface area contributed by atoms with E-state index in [2.05, 4.69) is 21.6 Å². The molecule has 3 rings (SSSR count). The highest BCUT2D eigenvalue weighted by Gasteiger charge is 2.11. The van der Waals surface area contributed by atoms with E-state index in [1.165, 1.54) is 16.9 Å². The van der Waals surface area contributed by atoms with Crippen LogP contribution in [0, 0.1) is 27.7 Å². The Kier molecular flexibility index (Phi) is 5.32. The van der Waals surface area contributed by atoms with Crippen LogP contribution < -0.4 is 10.1 Å². The average Bonchev–Trinajstić information content (AvgIpc) is 3.06. The van der Waals surface area contributed by atoms with Crippen molar-refractivity contribution < 1.29 is 9.53 Å². The average molecular weight is 367 g/mol. The number of rotatable bonds is 5. The molecule has 5 nitrogen and oxygen atoms in total. The first-order valence-electron chi connectivity index (χ1n) is 8.33. The molecule has 0 fully saturated rings. The normalized spacial score (nSPS) is 10.6. The number of nitrogens with one attached hydrogen (secondary N) is 1. The summed E-state index contributed by atoms with van der Waals surface area (Å²) in [6.45, 7) is 7.99. The van der Waals surface area contributed by atoms with Gasteiger partial charge in [0, 0.05) is 5.56 Å². The Balaban J connectivity index is 1.61. The molecule has 0 aliphatic heterocycles. The third-order valence-corrected chi connectivity index (χ3v) is 4.98. The summed E-state index contributed by atoms with van der Waals surface area (Å²) in [5.74, 6) is 0.477. The Labute approximate surface area is 157 Å². The summed E-state index contributed by atoms with van der Waals surface area (Å²) in [5, 5.41) is 12.2. The van der Waals surface area contributed by atoms with Crippen LogP contribution in [0.5, 0.6) is 5.75 Å². The number of carbonyl (C=O) groups is 1. The zero-order valence-electron chi connectivity index (χ0n) is 15.3. The third-order valence-electron chi connectivity index (χ3n) is 4.09. The van der Waals surface area contributed by atoms with E-state index in [-0.39, 0.29) is 12.5 Å². The summed E-state index contributed by atoms with van der Waals surface area (Å²) in [5.41, 5.74) is 5.46. The van der Waals surface area contributed by atoms with Crippen LogP contribution in [0.15, 0.2) is 36.4 Å². The SMILES string of the molecule is Cc1ccc(-c2nnc(NC(=O)COc3cc(C)cc(C)c3C)s2)cc1. The summed E-state index contributed by atoms with van der Waals surface area (Å²) < 4.78 is 5.68. The molecule has 0 atom stereocenters. The lowest BCUT2D eigenvalue weighted by molar-refractivity contribution is -0.118. The summed E-state index contributed by atoms with van der Waals surface area (Å²) >= 11 is 1.34. The number of aryl methyl sites for hydroxylation is 3. The molecule has 0 spiro atoms. The fourth-order valence-corrected chi connectivity index (χ4v) is 3.30. The molecule has 134 valence electrons. The molecule has 2 aromatic carbocycles. The van der Waals surface area contributed by atoms with Crippen molar-refractivity contribution >= 4 is 22.4 Å². The first-order chi connectivity index (χ1) is 12.4. The van der Waals surface area contributed by atoms with E-state index in [9.17, 15) is 4.79 Å². The highest BCUT2D eigenvalue weighted by molar-refractivity contribution is 7.18. The maximum atomic E-state index is 12.2. The van der Waals surface area contributed by atoms with Crippen LogP contribution in [0.3, 0.4) is 0 Å². The second-order valence-electron chi connectivity index (χ2n) is 6.32. The van der Waals surface area contributed by atoms with E-state index < -0.39 is 0 Å². The van der Waals surface area contributed by atoms with Gasteiger partial charge in [-0.15, -0.1) is 10.2 Å². The molecular formula is C20H21N3O2S. The Morgan fingerprint density at radius 1 is 1.04 bits per heavy atom. The summed E-state index contributed by atoms with van der Waals surface area (Å²) in [7, 11) is 0. The maximum Gasteiger partial charge on any atom is 0.264 e. The minimum atomic E-state index is -0.254. The van der Waals surface area contributed by atoms with Crippen LogP contribution in [0.4, 0.5) is 5.13 Å². The summed E-state index contributed by atoms with van der Waals surface area (Å²) in [6, 6.07) is 12.1. The lowest BCUT2D eigenvalue weighted by Gasteiger charge is -2.11. The molecule has 1 aromatic heterocycles. The van der Waals surface area contributed by atoms with Gasteiger partial charge in [-0.1, -0.05) is 47.2 Å². The van der Waals surface area contributed by atoms with Gasteiger partial charge in [-0.05, 0) is 50.5 Å². The molecule has 0 aliphatic rings. The zero-order chi connectivity index (χ0) is 18.7. The van der Waals surface area contributed by atoms with Crippen LogP contribution >= 0.6 is 11.3 Å². The van der Waals surface area contributed by atoms with Gasteiger partial charge in [-0.25, -0.2) is 0 Å². The molecule has 0 bridgehead atoms. The van der Waals surface area contributed by atoms with Gasteiger partial charge < -0.3 is 4.74 Å². The Bertz CT molecular complexity index is 933. The van der Waals surface area contributed by atoms with Crippen molar-refractivity contribution in [2.24, 2.45) is 0 Å². The number of anilines is 1. The van der Waals surface area contributed by atoms with Crippen molar-refractivity contribution in [1.82, 2.24) is 10.2 Å². The van der Waals surface area contributed by atoms with Gasteiger partial charge in [-0.2, -0.15) is 0 Å². The predicted octanol–water partition coefficient (Wildman–Crippen LogP) is 4.46. The quantitative estimate of drug-likeness (QED) is 0.723. The Morgan fingerprint density at radius 2 is 1.77 bits per heavy atom. The topological polar surface area (TPSA) is 64.1 Å². The fraction of sp³-hybridized carbons (Fsp3) is 0.250. The summed E-state index contributed by atoms with van der Waals surface area (Å²) in [6.07, 6.45) is 0. The third kappa shape index (κ3) is 4.26. The number of amides is 1. The molecule has 3 aromatic rings. The Hall–Kier alpha value is -2.73. The van der Waals surface area contributed by atoms with Gasteiger partial charge in [0.25, 0.3) is 5.91 Å². The van der Waals surface area contributed by atoms with Crippen LogP contribution in [0.2, 0.25) is 0 Å². The minimum absolute atomic E-state index is 0.0663. The van der Waals surface area contributed by atoms with Crippen molar-refractivity contribution in [1.29, 1.82) is 0 Å². The number of hydrogen-bond acceptors (Lipinski definition) is 5. The molecule has 6 heteroatoms. The maximum absolute atomic E-state index is 12.2. The lowest BCUT2D eigenvalue weighted by Crippen LogP contribution is -2.20.